The van der Waals surface area contributed by atoms with Crippen LogP contribution in [0.2, 0.25) is 0 Å². The van der Waals surface area contributed by atoms with Gasteiger partial charge in [0.25, 0.3) is 0 Å². The molecule has 0 heterocycles. The van der Waals surface area contributed by atoms with E-state index in [-0.39, 0.29) is 0 Å². The molecule has 0 saturated heterocycles. The van der Waals surface area contributed by atoms with Crippen LogP contribution >= 0.6 is 0 Å². The molecule has 0 atom stereocenters. The van der Waals surface area contributed by atoms with Crippen LogP contribution in [0.25, 0.3) is 0 Å². The van der Waals surface area contributed by atoms with E-state index >= 15 is 0 Å². The Bertz CT molecular complexity index is 383. The fourth-order valence-corrected chi connectivity index (χ4v) is 1.24. The maximum atomic E-state index is 12.2. The van der Waals surface area contributed by atoms with Gasteiger partial charge < -0.3 is 0 Å². The van der Waals surface area contributed by atoms with E-state index in [0.29, 0.717) is 6.92 Å². The Hall–Kier alpha value is -0.910. The van der Waals surface area contributed by atoms with Gasteiger partial charge in [-0.3, -0.25) is 0 Å². The van der Waals surface area contributed by atoms with Crippen LogP contribution in [0.15, 0.2) is 0 Å². The van der Waals surface area contributed by atoms with Crippen molar-refractivity contribution in [2.24, 2.45) is 0 Å². The molecule has 0 spiro atoms. The van der Waals surface area contributed by atoms with Crippen molar-refractivity contribution in [3.63, 3.8) is 0 Å². The molecule has 13 heteroatoms. The summed E-state index contributed by atoms with van der Waals surface area (Å²) in [5.74, 6) is -18.6. The molecule has 0 aromatic heterocycles. The van der Waals surface area contributed by atoms with Gasteiger partial charge in [-0.2, -0.15) is 48.3 Å². The van der Waals surface area contributed by atoms with Crippen LogP contribution in [-0.2, 0) is 0 Å². The average molecular weight is 406 g/mol. The molecule has 0 bridgehead atoms. The lowest BCUT2D eigenvalue weighted by molar-refractivity contribution is -0.264. The fourth-order valence-electron chi connectivity index (χ4n) is 1.24. The Morgan fingerprint density at radius 1 is 0.560 bits per heavy atom. The lowest BCUT2D eigenvalue weighted by Gasteiger charge is -2.26. The SMILES string of the molecule is CCC(F)(F)C(F)(F)CC(F)(F)F.CCC(F)(F)C(F)(F)CC(F)F. The van der Waals surface area contributed by atoms with Crippen molar-refractivity contribution in [3.05, 3.63) is 0 Å². The van der Waals surface area contributed by atoms with Gasteiger partial charge in [0, 0.05) is 12.8 Å². The minimum atomic E-state index is -5.29. The van der Waals surface area contributed by atoms with E-state index in [1.807, 2.05) is 0 Å². The van der Waals surface area contributed by atoms with Crippen molar-refractivity contribution < 1.29 is 57.1 Å². The molecular formula is C12H15F13. The molecule has 0 N–H and O–H groups in total. The molecule has 154 valence electrons. The first-order valence-corrected chi connectivity index (χ1v) is 6.61. The summed E-state index contributed by atoms with van der Waals surface area (Å²) in [6.45, 7) is 1.52. The van der Waals surface area contributed by atoms with Gasteiger partial charge in [-0.05, 0) is 0 Å². The van der Waals surface area contributed by atoms with Crippen LogP contribution < -0.4 is 0 Å². The molecule has 0 aromatic rings. The molecule has 0 aliphatic heterocycles. The van der Waals surface area contributed by atoms with Crippen LogP contribution in [0.3, 0.4) is 0 Å². The summed E-state index contributed by atoms with van der Waals surface area (Å²) >= 11 is 0. The van der Waals surface area contributed by atoms with E-state index in [0.717, 1.165) is 6.92 Å². The van der Waals surface area contributed by atoms with Gasteiger partial charge in [-0.25, -0.2) is 8.78 Å². The number of rotatable bonds is 7. The minimum Gasteiger partial charge on any atom is -0.210 e. The van der Waals surface area contributed by atoms with Gasteiger partial charge in [0.2, 0.25) is 6.43 Å². The van der Waals surface area contributed by atoms with Gasteiger partial charge in [-0.1, -0.05) is 13.8 Å². The third-order valence-electron chi connectivity index (χ3n) is 2.79. The third-order valence-corrected chi connectivity index (χ3v) is 2.79. The van der Waals surface area contributed by atoms with Crippen molar-refractivity contribution in [3.8, 4) is 0 Å². The quantitative estimate of drug-likeness (QED) is 0.402. The molecule has 25 heavy (non-hydrogen) atoms. The molecule has 0 rings (SSSR count). The number of hydrogen-bond acceptors (Lipinski definition) is 0. The standard InChI is InChI=1S/C6H7F7.C6H8F6/c1-2-4(7,8)5(9,10)3-6(11,12)13;1-2-5(9,10)6(11,12)3-4(7)8/h2-3H2,1H3;4H,2-3H2,1H3. The van der Waals surface area contributed by atoms with Crippen molar-refractivity contribution in [2.75, 3.05) is 0 Å². The zero-order valence-electron chi connectivity index (χ0n) is 12.8. The summed E-state index contributed by atoms with van der Waals surface area (Å²) in [6.07, 6.45) is -16.1. The highest BCUT2D eigenvalue weighted by Gasteiger charge is 2.59. The molecule has 0 fully saturated rings. The van der Waals surface area contributed by atoms with Crippen molar-refractivity contribution in [2.45, 2.75) is 75.8 Å². The lowest BCUT2D eigenvalue weighted by atomic mass is 10.1. The van der Waals surface area contributed by atoms with Crippen LogP contribution in [0.1, 0.15) is 39.5 Å². The largest absolute Gasteiger partial charge is 0.395 e. The Morgan fingerprint density at radius 3 is 1.12 bits per heavy atom. The molecular weight excluding hydrogens is 391 g/mol. The fraction of sp³-hybridized carbons (Fsp3) is 1.00. The maximum absolute atomic E-state index is 12.2. The first kappa shape index (κ1) is 26.3. The summed E-state index contributed by atoms with van der Waals surface area (Å²) in [5.41, 5.74) is 0. The monoisotopic (exact) mass is 406 g/mol. The molecule has 0 aliphatic carbocycles. The lowest BCUT2D eigenvalue weighted by Crippen LogP contribution is -2.43. The molecule has 0 radical (unpaired) electrons. The van der Waals surface area contributed by atoms with Crippen LogP contribution in [0, 0.1) is 0 Å². The van der Waals surface area contributed by atoms with Crippen LogP contribution in [0.5, 0.6) is 0 Å². The summed E-state index contributed by atoms with van der Waals surface area (Å²) in [4.78, 5) is 0. The van der Waals surface area contributed by atoms with Gasteiger partial charge in [0.1, 0.15) is 6.42 Å². The molecule has 0 aliphatic rings. The molecule has 0 aromatic carbocycles. The predicted molar refractivity (Wildman–Crippen MR) is 61.7 cm³/mol. The zero-order valence-corrected chi connectivity index (χ0v) is 12.8. The predicted octanol–water partition coefficient (Wildman–Crippen LogP) is 6.94. The van der Waals surface area contributed by atoms with E-state index in [2.05, 4.69) is 0 Å². The van der Waals surface area contributed by atoms with Gasteiger partial charge in [0.05, 0.1) is 6.42 Å². The first-order chi connectivity index (χ1) is 10.7. The summed E-state index contributed by atoms with van der Waals surface area (Å²) in [7, 11) is 0. The highest BCUT2D eigenvalue weighted by atomic mass is 19.4. The topological polar surface area (TPSA) is 0 Å². The van der Waals surface area contributed by atoms with Crippen molar-refractivity contribution in [1.82, 2.24) is 0 Å². The molecule has 0 nitrogen and oxygen atoms in total. The Morgan fingerprint density at radius 2 is 0.880 bits per heavy atom. The second-order valence-corrected chi connectivity index (χ2v) is 4.91. The maximum Gasteiger partial charge on any atom is 0.395 e. The minimum absolute atomic E-state index is 0.699. The van der Waals surface area contributed by atoms with Crippen molar-refractivity contribution >= 4 is 0 Å². The summed E-state index contributed by atoms with van der Waals surface area (Å²) in [5, 5.41) is 0. The van der Waals surface area contributed by atoms with E-state index in [9.17, 15) is 57.1 Å². The highest BCUT2D eigenvalue weighted by molar-refractivity contribution is 4.85. The van der Waals surface area contributed by atoms with E-state index < -0.39 is 62.0 Å². The average Bonchev–Trinajstić information content (AvgIpc) is 2.34. The zero-order chi connectivity index (χ0) is 20.9. The first-order valence-electron chi connectivity index (χ1n) is 6.61. The van der Waals surface area contributed by atoms with Gasteiger partial charge >= 0.3 is 29.9 Å². The Kier molecular flexibility index (Phi) is 9.11. The van der Waals surface area contributed by atoms with E-state index in [1.165, 1.54) is 0 Å². The number of hydrogen-bond donors (Lipinski definition) is 0. The number of halogens is 13. The van der Waals surface area contributed by atoms with Crippen LogP contribution in [0.4, 0.5) is 57.1 Å². The van der Waals surface area contributed by atoms with Crippen molar-refractivity contribution in [1.29, 1.82) is 0 Å². The smallest absolute Gasteiger partial charge is 0.210 e. The third kappa shape index (κ3) is 8.84. The summed E-state index contributed by atoms with van der Waals surface area (Å²) in [6, 6.07) is 0. The Labute approximate surface area is 134 Å². The second kappa shape index (κ2) is 8.65. The van der Waals surface area contributed by atoms with Gasteiger partial charge in [-0.15, -0.1) is 0 Å². The summed E-state index contributed by atoms with van der Waals surface area (Å²) < 4.78 is 155. The molecule has 0 amide bonds. The Balaban J connectivity index is 0. The van der Waals surface area contributed by atoms with E-state index in [4.69, 9.17) is 0 Å². The number of alkyl halides is 13. The molecule has 0 saturated carbocycles. The molecule has 0 unspecified atom stereocenters. The second-order valence-electron chi connectivity index (χ2n) is 4.91. The normalized spacial score (nSPS) is 14.4. The van der Waals surface area contributed by atoms with Gasteiger partial charge in [0.15, 0.2) is 0 Å². The highest BCUT2D eigenvalue weighted by Crippen LogP contribution is 2.44. The van der Waals surface area contributed by atoms with E-state index in [1.54, 1.807) is 0 Å². The van der Waals surface area contributed by atoms with Crippen LogP contribution in [-0.4, -0.2) is 36.3 Å².